The zero-order chi connectivity index (χ0) is 11.8. The molecule has 2 aliphatic rings. The molecule has 2 unspecified atom stereocenters. The monoisotopic (exact) mass is 230 g/mol. The number of fused-ring (bicyclic) bond motifs is 1. The molecule has 0 radical (unpaired) electrons. The maximum Gasteiger partial charge on any atom is 0.231 e. The summed E-state index contributed by atoms with van der Waals surface area (Å²) in [4.78, 5) is 14.2. The van der Waals surface area contributed by atoms with E-state index in [1.807, 2.05) is 17.0 Å². The number of anilines is 1. The smallest absolute Gasteiger partial charge is 0.231 e. The third kappa shape index (κ3) is 1.65. The third-order valence-corrected chi connectivity index (χ3v) is 4.11. The second-order valence-corrected chi connectivity index (χ2v) is 5.06. The summed E-state index contributed by atoms with van der Waals surface area (Å²) in [5.41, 5.74) is 8.10. The van der Waals surface area contributed by atoms with Crippen molar-refractivity contribution in [1.29, 1.82) is 0 Å². The second-order valence-electron chi connectivity index (χ2n) is 5.06. The Morgan fingerprint density at radius 3 is 2.94 bits per heavy atom. The zero-order valence-electron chi connectivity index (χ0n) is 9.93. The van der Waals surface area contributed by atoms with Crippen LogP contribution in [0.2, 0.25) is 0 Å². The summed E-state index contributed by atoms with van der Waals surface area (Å²) in [5, 5.41) is 0. The van der Waals surface area contributed by atoms with E-state index in [0.29, 0.717) is 24.9 Å². The van der Waals surface area contributed by atoms with Crippen LogP contribution in [0.1, 0.15) is 24.8 Å². The molecule has 1 aromatic carbocycles. The highest BCUT2D eigenvalue weighted by atomic mass is 16.2. The number of hydrogen-bond donors (Lipinski definition) is 1. The maximum absolute atomic E-state index is 12.2. The molecule has 1 aliphatic heterocycles. The van der Waals surface area contributed by atoms with E-state index in [-0.39, 0.29) is 5.91 Å². The van der Waals surface area contributed by atoms with E-state index < -0.39 is 0 Å². The molecule has 1 heterocycles. The van der Waals surface area contributed by atoms with E-state index in [1.54, 1.807) is 0 Å². The van der Waals surface area contributed by atoms with Gasteiger partial charge in [-0.05, 0) is 36.9 Å². The van der Waals surface area contributed by atoms with E-state index in [1.165, 1.54) is 12.0 Å². The molecule has 1 amide bonds. The third-order valence-electron chi connectivity index (χ3n) is 4.11. The number of rotatable bonds is 2. The van der Waals surface area contributed by atoms with Gasteiger partial charge in [0.1, 0.15) is 0 Å². The number of benzene rings is 1. The molecule has 2 N–H and O–H groups in total. The number of nitrogens with zero attached hydrogens (tertiary/aromatic N) is 1. The predicted molar refractivity (Wildman–Crippen MR) is 67.8 cm³/mol. The van der Waals surface area contributed by atoms with Gasteiger partial charge < -0.3 is 10.6 Å². The lowest BCUT2D eigenvalue weighted by Gasteiger charge is -2.29. The van der Waals surface area contributed by atoms with Gasteiger partial charge in [0.05, 0.1) is 6.42 Å². The Morgan fingerprint density at radius 1 is 1.29 bits per heavy atom. The Morgan fingerprint density at radius 2 is 2.12 bits per heavy atom. The lowest BCUT2D eigenvalue weighted by atomic mass is 10.0. The molecule has 3 nitrogen and oxygen atoms in total. The summed E-state index contributed by atoms with van der Waals surface area (Å²) >= 11 is 0. The van der Waals surface area contributed by atoms with Crippen molar-refractivity contribution in [3.8, 4) is 0 Å². The molecule has 1 aliphatic carbocycles. The van der Waals surface area contributed by atoms with Crippen LogP contribution >= 0.6 is 0 Å². The van der Waals surface area contributed by atoms with Crippen molar-refractivity contribution in [3.63, 3.8) is 0 Å². The SMILES string of the molecule is NCC1CCCC1N1C(=O)Cc2ccccc21. The number of amides is 1. The molecular weight excluding hydrogens is 212 g/mol. The van der Waals surface area contributed by atoms with E-state index in [2.05, 4.69) is 12.1 Å². The van der Waals surface area contributed by atoms with Gasteiger partial charge in [-0.25, -0.2) is 0 Å². The van der Waals surface area contributed by atoms with Crippen LogP contribution in [0.4, 0.5) is 5.69 Å². The Labute approximate surface area is 102 Å². The molecule has 0 spiro atoms. The van der Waals surface area contributed by atoms with Gasteiger partial charge in [0, 0.05) is 11.7 Å². The quantitative estimate of drug-likeness (QED) is 0.840. The topological polar surface area (TPSA) is 46.3 Å². The van der Waals surface area contributed by atoms with Crippen molar-refractivity contribution in [2.75, 3.05) is 11.4 Å². The zero-order valence-corrected chi connectivity index (χ0v) is 9.93. The fourth-order valence-electron chi connectivity index (χ4n) is 3.27. The molecule has 17 heavy (non-hydrogen) atoms. The number of para-hydroxylation sites is 1. The minimum absolute atomic E-state index is 0.247. The largest absolute Gasteiger partial charge is 0.330 e. The first-order valence-electron chi connectivity index (χ1n) is 6.41. The van der Waals surface area contributed by atoms with Gasteiger partial charge >= 0.3 is 0 Å². The Kier molecular flexibility index (Phi) is 2.63. The lowest BCUT2D eigenvalue weighted by Crippen LogP contribution is -2.42. The number of carbonyl (C=O) groups excluding carboxylic acids is 1. The van der Waals surface area contributed by atoms with Crippen LogP contribution in [0.25, 0.3) is 0 Å². The van der Waals surface area contributed by atoms with Crippen LogP contribution in [0.5, 0.6) is 0 Å². The van der Waals surface area contributed by atoms with E-state index in [4.69, 9.17) is 5.73 Å². The Bertz CT molecular complexity index is 444. The first-order valence-corrected chi connectivity index (χ1v) is 6.41. The van der Waals surface area contributed by atoms with Crippen LogP contribution in [-0.2, 0) is 11.2 Å². The number of carbonyl (C=O) groups is 1. The van der Waals surface area contributed by atoms with Gasteiger partial charge in [0.2, 0.25) is 5.91 Å². The standard InChI is InChI=1S/C14H18N2O/c15-9-11-5-3-7-13(11)16-12-6-2-1-4-10(12)8-14(16)17/h1-2,4,6,11,13H,3,5,7-9,15H2. The highest BCUT2D eigenvalue weighted by Gasteiger charge is 2.38. The highest BCUT2D eigenvalue weighted by Crippen LogP contribution is 2.37. The average Bonchev–Trinajstić information content (AvgIpc) is 2.90. The summed E-state index contributed by atoms with van der Waals surface area (Å²) in [5.74, 6) is 0.724. The van der Waals surface area contributed by atoms with Crippen LogP contribution < -0.4 is 10.6 Å². The normalized spacial score (nSPS) is 27.6. The summed E-state index contributed by atoms with van der Waals surface area (Å²) in [6.45, 7) is 0.691. The molecule has 0 aromatic heterocycles. The predicted octanol–water partition coefficient (Wildman–Crippen LogP) is 1.70. The summed E-state index contributed by atoms with van der Waals surface area (Å²) in [7, 11) is 0. The van der Waals surface area contributed by atoms with Crippen molar-refractivity contribution in [3.05, 3.63) is 29.8 Å². The summed E-state index contributed by atoms with van der Waals surface area (Å²) in [6.07, 6.45) is 4.01. The summed E-state index contributed by atoms with van der Waals surface area (Å²) in [6, 6.07) is 8.46. The van der Waals surface area contributed by atoms with Crippen molar-refractivity contribution in [1.82, 2.24) is 0 Å². The molecular formula is C14H18N2O. The van der Waals surface area contributed by atoms with Crippen LogP contribution in [0.15, 0.2) is 24.3 Å². The second kappa shape index (κ2) is 4.15. The molecule has 1 saturated carbocycles. The minimum Gasteiger partial charge on any atom is -0.330 e. The van der Waals surface area contributed by atoms with Crippen molar-refractivity contribution < 1.29 is 4.79 Å². The lowest BCUT2D eigenvalue weighted by molar-refractivity contribution is -0.117. The molecule has 2 atom stereocenters. The van der Waals surface area contributed by atoms with Gasteiger partial charge in [-0.1, -0.05) is 24.6 Å². The first kappa shape index (κ1) is 10.8. The van der Waals surface area contributed by atoms with Gasteiger partial charge in [-0.2, -0.15) is 0 Å². The van der Waals surface area contributed by atoms with Gasteiger partial charge in [-0.15, -0.1) is 0 Å². The molecule has 0 saturated heterocycles. The van der Waals surface area contributed by atoms with Crippen LogP contribution in [-0.4, -0.2) is 18.5 Å². The highest BCUT2D eigenvalue weighted by molar-refractivity contribution is 6.01. The van der Waals surface area contributed by atoms with E-state index >= 15 is 0 Å². The van der Waals surface area contributed by atoms with Crippen molar-refractivity contribution >= 4 is 11.6 Å². The Balaban J connectivity index is 1.95. The van der Waals surface area contributed by atoms with E-state index in [9.17, 15) is 4.79 Å². The van der Waals surface area contributed by atoms with Gasteiger partial charge in [0.25, 0.3) is 0 Å². The summed E-state index contributed by atoms with van der Waals surface area (Å²) < 4.78 is 0. The van der Waals surface area contributed by atoms with Crippen LogP contribution in [0, 0.1) is 5.92 Å². The van der Waals surface area contributed by atoms with Gasteiger partial charge in [0.15, 0.2) is 0 Å². The molecule has 0 bridgehead atoms. The number of nitrogens with two attached hydrogens (primary N) is 1. The van der Waals surface area contributed by atoms with Crippen molar-refractivity contribution in [2.45, 2.75) is 31.7 Å². The molecule has 1 fully saturated rings. The molecule has 90 valence electrons. The first-order chi connectivity index (χ1) is 8.31. The van der Waals surface area contributed by atoms with Gasteiger partial charge in [-0.3, -0.25) is 4.79 Å². The number of hydrogen-bond acceptors (Lipinski definition) is 2. The fourth-order valence-corrected chi connectivity index (χ4v) is 3.27. The maximum atomic E-state index is 12.2. The minimum atomic E-state index is 0.247. The molecule has 3 rings (SSSR count). The molecule has 3 heteroatoms. The van der Waals surface area contributed by atoms with Crippen molar-refractivity contribution in [2.24, 2.45) is 11.7 Å². The fraction of sp³-hybridized carbons (Fsp3) is 0.500. The van der Waals surface area contributed by atoms with Crippen LogP contribution in [0.3, 0.4) is 0 Å². The Hall–Kier alpha value is -1.35. The van der Waals surface area contributed by atoms with E-state index in [0.717, 1.165) is 18.5 Å². The molecule has 1 aromatic rings. The average molecular weight is 230 g/mol.